The second kappa shape index (κ2) is 7.11. The lowest BCUT2D eigenvalue weighted by atomic mass is 9.97. The van der Waals surface area contributed by atoms with Gasteiger partial charge in [-0.2, -0.15) is 0 Å². The molecule has 0 aliphatic carbocycles. The molecule has 4 nitrogen and oxygen atoms in total. The zero-order valence-electron chi connectivity index (χ0n) is 13.8. The third-order valence-corrected chi connectivity index (χ3v) is 6.07. The summed E-state index contributed by atoms with van der Waals surface area (Å²) in [7, 11) is 0. The van der Waals surface area contributed by atoms with E-state index in [1.807, 2.05) is 11.3 Å². The van der Waals surface area contributed by atoms with Crippen molar-refractivity contribution in [3.05, 3.63) is 21.9 Å². The summed E-state index contributed by atoms with van der Waals surface area (Å²) in [6.45, 7) is 11.2. The summed E-state index contributed by atoms with van der Waals surface area (Å²) in [4.78, 5) is 21.2. The summed E-state index contributed by atoms with van der Waals surface area (Å²) < 4.78 is 0. The number of hydrogen-bond acceptors (Lipinski definition) is 4. The van der Waals surface area contributed by atoms with Gasteiger partial charge in [-0.05, 0) is 36.4 Å². The minimum atomic E-state index is 0.291. The number of fused-ring (bicyclic) bond motifs is 1. The Morgan fingerprint density at radius 3 is 2.59 bits per heavy atom. The van der Waals surface area contributed by atoms with Gasteiger partial charge in [-0.1, -0.05) is 13.8 Å². The molecular weight excluding hydrogens is 294 g/mol. The molecular formula is C17H27N3OS. The molecule has 1 atom stereocenters. The van der Waals surface area contributed by atoms with Crippen LogP contribution in [0, 0.1) is 0 Å². The van der Waals surface area contributed by atoms with Crippen molar-refractivity contribution in [2.45, 2.75) is 32.7 Å². The van der Waals surface area contributed by atoms with Crippen LogP contribution in [0.1, 0.15) is 36.8 Å². The smallest absolute Gasteiger partial charge is 0.237 e. The van der Waals surface area contributed by atoms with E-state index in [1.165, 1.54) is 10.4 Å². The molecule has 3 rings (SSSR count). The highest BCUT2D eigenvalue weighted by molar-refractivity contribution is 7.10. The molecule has 2 aliphatic heterocycles. The van der Waals surface area contributed by atoms with Gasteiger partial charge in [-0.3, -0.25) is 9.69 Å². The SMILES string of the molecule is CCC1c2ccsc2CCN1C(=O)CN1CCN(CC)CC1. The molecule has 0 spiro atoms. The molecule has 5 heteroatoms. The number of carbonyl (C=O) groups is 1. The van der Waals surface area contributed by atoms with Crippen molar-refractivity contribution in [1.82, 2.24) is 14.7 Å². The molecule has 1 aromatic heterocycles. The van der Waals surface area contributed by atoms with Crippen molar-refractivity contribution in [2.24, 2.45) is 0 Å². The molecule has 0 N–H and O–H groups in total. The van der Waals surface area contributed by atoms with Crippen LogP contribution in [0.2, 0.25) is 0 Å². The van der Waals surface area contributed by atoms with E-state index in [2.05, 4.69) is 40.0 Å². The largest absolute Gasteiger partial charge is 0.334 e. The first kappa shape index (κ1) is 16.0. The van der Waals surface area contributed by atoms with Gasteiger partial charge in [0.25, 0.3) is 0 Å². The summed E-state index contributed by atoms with van der Waals surface area (Å²) in [6, 6.07) is 2.51. The monoisotopic (exact) mass is 321 g/mol. The van der Waals surface area contributed by atoms with Crippen molar-refractivity contribution in [3.8, 4) is 0 Å². The fraction of sp³-hybridized carbons (Fsp3) is 0.706. The van der Waals surface area contributed by atoms with Crippen molar-refractivity contribution >= 4 is 17.2 Å². The fourth-order valence-electron chi connectivity index (χ4n) is 3.68. The van der Waals surface area contributed by atoms with Gasteiger partial charge >= 0.3 is 0 Å². The number of amides is 1. The van der Waals surface area contributed by atoms with E-state index >= 15 is 0 Å². The van der Waals surface area contributed by atoms with Gasteiger partial charge in [0, 0.05) is 37.6 Å². The Bertz CT molecular complexity index is 508. The summed E-state index contributed by atoms with van der Waals surface area (Å²) in [5.74, 6) is 0.314. The third kappa shape index (κ3) is 3.21. The summed E-state index contributed by atoms with van der Waals surface area (Å²) in [6.07, 6.45) is 2.04. The average molecular weight is 321 g/mol. The predicted octanol–water partition coefficient (Wildman–Crippen LogP) is 2.22. The van der Waals surface area contributed by atoms with Crippen LogP contribution in [0.15, 0.2) is 11.4 Å². The maximum absolute atomic E-state index is 12.8. The van der Waals surface area contributed by atoms with Crippen molar-refractivity contribution in [3.63, 3.8) is 0 Å². The second-order valence-electron chi connectivity index (χ2n) is 6.27. The van der Waals surface area contributed by atoms with Crippen LogP contribution in [0.3, 0.4) is 0 Å². The van der Waals surface area contributed by atoms with E-state index < -0.39 is 0 Å². The number of hydrogen-bond donors (Lipinski definition) is 0. The lowest BCUT2D eigenvalue weighted by Crippen LogP contribution is -2.51. The fourth-order valence-corrected chi connectivity index (χ4v) is 4.61. The van der Waals surface area contributed by atoms with E-state index in [1.54, 1.807) is 0 Å². The minimum absolute atomic E-state index is 0.291. The first-order valence-electron chi connectivity index (χ1n) is 8.53. The second-order valence-corrected chi connectivity index (χ2v) is 7.27. The predicted molar refractivity (Wildman–Crippen MR) is 91.3 cm³/mol. The van der Waals surface area contributed by atoms with Crippen molar-refractivity contribution in [1.29, 1.82) is 0 Å². The Labute approximate surface area is 137 Å². The number of thiophene rings is 1. The van der Waals surface area contributed by atoms with Crippen LogP contribution in [0.5, 0.6) is 0 Å². The minimum Gasteiger partial charge on any atom is -0.334 e. The lowest BCUT2D eigenvalue weighted by Gasteiger charge is -2.38. The van der Waals surface area contributed by atoms with Gasteiger partial charge < -0.3 is 9.80 Å². The number of nitrogens with zero attached hydrogens (tertiary/aromatic N) is 3. The molecule has 1 unspecified atom stereocenters. The van der Waals surface area contributed by atoms with Gasteiger partial charge in [-0.25, -0.2) is 0 Å². The molecule has 1 fully saturated rings. The van der Waals surface area contributed by atoms with Gasteiger partial charge in [0.1, 0.15) is 0 Å². The van der Waals surface area contributed by atoms with Gasteiger partial charge in [0.05, 0.1) is 12.6 Å². The standard InChI is InChI=1S/C17H27N3OS/c1-3-15-14-6-12-22-16(14)5-7-20(15)17(21)13-19-10-8-18(4-2)9-11-19/h6,12,15H,3-5,7-11,13H2,1-2H3. The molecule has 0 bridgehead atoms. The molecule has 2 aliphatic rings. The highest BCUT2D eigenvalue weighted by Crippen LogP contribution is 2.35. The van der Waals surface area contributed by atoms with E-state index in [4.69, 9.17) is 0 Å². The van der Waals surface area contributed by atoms with Crippen LogP contribution in [-0.4, -0.2) is 66.4 Å². The summed E-state index contributed by atoms with van der Waals surface area (Å²) in [5.41, 5.74) is 1.39. The maximum Gasteiger partial charge on any atom is 0.237 e. The van der Waals surface area contributed by atoms with Gasteiger partial charge in [-0.15, -0.1) is 11.3 Å². The number of piperazine rings is 1. The topological polar surface area (TPSA) is 26.8 Å². The average Bonchev–Trinajstić information content (AvgIpc) is 3.03. The first-order chi connectivity index (χ1) is 10.7. The van der Waals surface area contributed by atoms with E-state index in [0.29, 0.717) is 18.5 Å². The Balaban J connectivity index is 1.61. The van der Waals surface area contributed by atoms with Crippen LogP contribution < -0.4 is 0 Å². The molecule has 0 radical (unpaired) electrons. The third-order valence-electron chi connectivity index (χ3n) is 5.07. The Hall–Kier alpha value is -0.910. The van der Waals surface area contributed by atoms with E-state index in [-0.39, 0.29) is 0 Å². The van der Waals surface area contributed by atoms with Gasteiger partial charge in [0.15, 0.2) is 0 Å². The van der Waals surface area contributed by atoms with Gasteiger partial charge in [0.2, 0.25) is 5.91 Å². The molecule has 1 saturated heterocycles. The van der Waals surface area contributed by atoms with Crippen molar-refractivity contribution in [2.75, 3.05) is 45.8 Å². The highest BCUT2D eigenvalue weighted by atomic mass is 32.1. The molecule has 0 saturated carbocycles. The molecule has 122 valence electrons. The lowest BCUT2D eigenvalue weighted by molar-refractivity contribution is -0.135. The van der Waals surface area contributed by atoms with E-state index in [0.717, 1.165) is 52.1 Å². The van der Waals surface area contributed by atoms with Crippen LogP contribution in [-0.2, 0) is 11.2 Å². The first-order valence-corrected chi connectivity index (χ1v) is 9.41. The Morgan fingerprint density at radius 1 is 1.18 bits per heavy atom. The van der Waals surface area contributed by atoms with Crippen LogP contribution in [0.25, 0.3) is 0 Å². The van der Waals surface area contributed by atoms with E-state index in [9.17, 15) is 4.79 Å². The Kier molecular flexibility index (Phi) is 5.16. The number of carbonyl (C=O) groups excluding carboxylic acids is 1. The quantitative estimate of drug-likeness (QED) is 0.851. The Morgan fingerprint density at radius 2 is 1.91 bits per heavy atom. The summed E-state index contributed by atoms with van der Waals surface area (Å²) >= 11 is 1.84. The molecule has 0 aromatic carbocycles. The molecule has 1 amide bonds. The highest BCUT2D eigenvalue weighted by Gasteiger charge is 2.31. The normalized spacial score (nSPS) is 23.5. The molecule has 1 aromatic rings. The number of rotatable bonds is 4. The van der Waals surface area contributed by atoms with Crippen LogP contribution in [0.4, 0.5) is 0 Å². The number of likely N-dealkylation sites (N-methyl/N-ethyl adjacent to an activating group) is 1. The van der Waals surface area contributed by atoms with Crippen molar-refractivity contribution < 1.29 is 4.79 Å². The summed E-state index contributed by atoms with van der Waals surface area (Å²) in [5, 5.41) is 2.17. The molecule has 22 heavy (non-hydrogen) atoms. The van der Waals surface area contributed by atoms with Crippen LogP contribution >= 0.6 is 11.3 Å². The zero-order valence-corrected chi connectivity index (χ0v) is 14.6. The zero-order chi connectivity index (χ0) is 15.5. The maximum atomic E-state index is 12.8. The molecule has 3 heterocycles.